The first-order chi connectivity index (χ1) is 12.4. The molecule has 0 spiro atoms. The zero-order valence-electron chi connectivity index (χ0n) is 15.6. The average Bonchev–Trinajstić information content (AvgIpc) is 2.60. The van der Waals surface area contributed by atoms with Crippen LogP contribution in [0.1, 0.15) is 26.3 Å². The summed E-state index contributed by atoms with van der Waals surface area (Å²) in [7, 11) is 1.60. The van der Waals surface area contributed by atoms with Crippen LogP contribution >= 0.6 is 23.8 Å². The van der Waals surface area contributed by atoms with Gasteiger partial charge in [-0.15, -0.1) is 0 Å². The van der Waals surface area contributed by atoms with E-state index in [0.29, 0.717) is 29.0 Å². The minimum atomic E-state index is 0.235. The SMILES string of the molecule is CCOc1ccc(CN(C(=S)NC(C)C)c2ccc(OC)c(Cl)c2)cc1. The number of nitrogens with one attached hydrogen (secondary N) is 1. The van der Waals surface area contributed by atoms with Gasteiger partial charge in [0.05, 0.1) is 25.3 Å². The van der Waals surface area contributed by atoms with E-state index in [2.05, 4.69) is 19.2 Å². The Bertz CT molecular complexity index is 735. The number of benzene rings is 2. The monoisotopic (exact) mass is 392 g/mol. The van der Waals surface area contributed by atoms with Gasteiger partial charge in [0, 0.05) is 11.7 Å². The lowest BCUT2D eigenvalue weighted by Gasteiger charge is -2.28. The van der Waals surface area contributed by atoms with Crippen molar-refractivity contribution >= 4 is 34.6 Å². The number of thiocarbonyl (C=S) groups is 1. The van der Waals surface area contributed by atoms with Crippen LogP contribution in [0.15, 0.2) is 42.5 Å². The first kappa shape index (κ1) is 20.3. The van der Waals surface area contributed by atoms with E-state index in [9.17, 15) is 0 Å². The van der Waals surface area contributed by atoms with Crippen LogP contribution < -0.4 is 19.7 Å². The molecule has 2 aromatic rings. The number of nitrogens with zero attached hydrogens (tertiary/aromatic N) is 1. The molecule has 0 aliphatic heterocycles. The Morgan fingerprint density at radius 2 is 1.88 bits per heavy atom. The van der Waals surface area contributed by atoms with Crippen LogP contribution in [0.4, 0.5) is 5.69 Å². The van der Waals surface area contributed by atoms with Crippen LogP contribution in [-0.2, 0) is 6.54 Å². The molecule has 0 aromatic heterocycles. The molecule has 0 bridgehead atoms. The Balaban J connectivity index is 2.28. The number of ether oxygens (including phenoxy) is 2. The number of rotatable bonds is 7. The molecule has 26 heavy (non-hydrogen) atoms. The van der Waals surface area contributed by atoms with Crippen LogP contribution in [0, 0.1) is 0 Å². The molecule has 0 aliphatic rings. The second kappa shape index (κ2) is 9.64. The van der Waals surface area contributed by atoms with Crippen molar-refractivity contribution < 1.29 is 9.47 Å². The Hall–Kier alpha value is -1.98. The second-order valence-electron chi connectivity index (χ2n) is 6.09. The van der Waals surface area contributed by atoms with Crippen molar-refractivity contribution in [1.82, 2.24) is 5.32 Å². The normalized spacial score (nSPS) is 10.5. The maximum atomic E-state index is 6.31. The summed E-state index contributed by atoms with van der Waals surface area (Å²) in [6, 6.07) is 13.9. The minimum Gasteiger partial charge on any atom is -0.495 e. The first-order valence-electron chi connectivity index (χ1n) is 8.58. The van der Waals surface area contributed by atoms with Crippen LogP contribution in [0.2, 0.25) is 5.02 Å². The van der Waals surface area contributed by atoms with Crippen molar-refractivity contribution in [3.05, 3.63) is 53.1 Å². The van der Waals surface area contributed by atoms with E-state index in [0.717, 1.165) is 17.0 Å². The fourth-order valence-corrected chi connectivity index (χ4v) is 3.13. The van der Waals surface area contributed by atoms with E-state index in [1.54, 1.807) is 7.11 Å². The molecule has 6 heteroatoms. The molecule has 0 unspecified atom stereocenters. The predicted molar refractivity (Wildman–Crippen MR) is 113 cm³/mol. The molecule has 2 aromatic carbocycles. The average molecular weight is 393 g/mol. The number of methoxy groups -OCH3 is 1. The molecular formula is C20H25ClN2O2S. The first-order valence-corrected chi connectivity index (χ1v) is 9.36. The molecule has 0 radical (unpaired) electrons. The Morgan fingerprint density at radius 1 is 1.19 bits per heavy atom. The largest absolute Gasteiger partial charge is 0.495 e. The summed E-state index contributed by atoms with van der Waals surface area (Å²) in [4.78, 5) is 2.02. The topological polar surface area (TPSA) is 33.7 Å². The highest BCUT2D eigenvalue weighted by molar-refractivity contribution is 7.80. The maximum Gasteiger partial charge on any atom is 0.173 e. The molecule has 1 N–H and O–H groups in total. The van der Waals surface area contributed by atoms with Gasteiger partial charge in [-0.2, -0.15) is 0 Å². The van der Waals surface area contributed by atoms with Gasteiger partial charge >= 0.3 is 0 Å². The van der Waals surface area contributed by atoms with Crippen molar-refractivity contribution in [1.29, 1.82) is 0 Å². The van der Waals surface area contributed by atoms with Gasteiger partial charge in [-0.05, 0) is 68.9 Å². The molecule has 0 aliphatic carbocycles. The Morgan fingerprint density at radius 3 is 2.42 bits per heavy atom. The molecule has 0 heterocycles. The molecule has 0 saturated heterocycles. The summed E-state index contributed by atoms with van der Waals surface area (Å²) < 4.78 is 10.8. The zero-order valence-corrected chi connectivity index (χ0v) is 17.2. The Kier molecular flexibility index (Phi) is 7.54. The molecule has 0 fully saturated rings. The van der Waals surface area contributed by atoms with E-state index in [4.69, 9.17) is 33.3 Å². The lowest BCUT2D eigenvalue weighted by Crippen LogP contribution is -2.42. The predicted octanol–water partition coefficient (Wildman–Crippen LogP) is 5.04. The molecular weight excluding hydrogens is 368 g/mol. The lowest BCUT2D eigenvalue weighted by molar-refractivity contribution is 0.340. The number of hydrogen-bond donors (Lipinski definition) is 1. The fourth-order valence-electron chi connectivity index (χ4n) is 2.47. The molecule has 2 rings (SSSR count). The maximum absolute atomic E-state index is 6.31. The van der Waals surface area contributed by atoms with Gasteiger partial charge in [0.15, 0.2) is 5.11 Å². The molecule has 0 saturated carbocycles. The van der Waals surface area contributed by atoms with E-state index in [1.165, 1.54) is 0 Å². The van der Waals surface area contributed by atoms with E-state index in [1.807, 2.05) is 54.3 Å². The molecule has 4 nitrogen and oxygen atoms in total. The molecule has 0 atom stereocenters. The van der Waals surface area contributed by atoms with Crippen molar-refractivity contribution in [3.63, 3.8) is 0 Å². The third-order valence-electron chi connectivity index (χ3n) is 3.68. The summed E-state index contributed by atoms with van der Waals surface area (Å²) in [5, 5.41) is 4.50. The van der Waals surface area contributed by atoms with Crippen molar-refractivity contribution in [2.24, 2.45) is 0 Å². The van der Waals surface area contributed by atoms with Crippen LogP contribution in [0.3, 0.4) is 0 Å². The van der Waals surface area contributed by atoms with Crippen LogP contribution in [0.5, 0.6) is 11.5 Å². The van der Waals surface area contributed by atoms with Crippen LogP contribution in [0.25, 0.3) is 0 Å². The smallest absolute Gasteiger partial charge is 0.173 e. The fraction of sp³-hybridized carbons (Fsp3) is 0.350. The number of hydrogen-bond acceptors (Lipinski definition) is 3. The van der Waals surface area contributed by atoms with Gasteiger partial charge in [0.2, 0.25) is 0 Å². The van der Waals surface area contributed by atoms with E-state index >= 15 is 0 Å². The lowest BCUT2D eigenvalue weighted by atomic mass is 10.2. The highest BCUT2D eigenvalue weighted by Gasteiger charge is 2.15. The third-order valence-corrected chi connectivity index (χ3v) is 4.31. The van der Waals surface area contributed by atoms with E-state index < -0.39 is 0 Å². The van der Waals surface area contributed by atoms with E-state index in [-0.39, 0.29) is 6.04 Å². The highest BCUT2D eigenvalue weighted by Crippen LogP contribution is 2.30. The van der Waals surface area contributed by atoms with Gasteiger partial charge in [-0.3, -0.25) is 0 Å². The third kappa shape index (κ3) is 5.51. The number of halogens is 1. The Labute approximate surface area is 166 Å². The standard InChI is InChI=1S/C20H25ClN2O2S/c1-5-25-17-9-6-15(7-10-17)13-23(20(26)22-14(2)3)16-8-11-19(24-4)18(21)12-16/h6-12,14H,5,13H2,1-4H3,(H,22,26). The zero-order chi connectivity index (χ0) is 19.1. The summed E-state index contributed by atoms with van der Waals surface area (Å²) in [6.45, 7) is 7.36. The summed E-state index contributed by atoms with van der Waals surface area (Å²) in [5.74, 6) is 1.50. The second-order valence-corrected chi connectivity index (χ2v) is 6.88. The van der Waals surface area contributed by atoms with Crippen molar-refractivity contribution in [2.45, 2.75) is 33.4 Å². The molecule has 140 valence electrons. The van der Waals surface area contributed by atoms with Gasteiger partial charge in [0.25, 0.3) is 0 Å². The quantitative estimate of drug-likeness (QED) is 0.668. The summed E-state index contributed by atoms with van der Waals surface area (Å²) in [6.07, 6.45) is 0. The van der Waals surface area contributed by atoms with Crippen LogP contribution in [-0.4, -0.2) is 24.9 Å². The molecule has 0 amide bonds. The number of anilines is 1. The highest BCUT2D eigenvalue weighted by atomic mass is 35.5. The van der Waals surface area contributed by atoms with Gasteiger partial charge in [-0.1, -0.05) is 23.7 Å². The van der Waals surface area contributed by atoms with Crippen molar-refractivity contribution in [3.8, 4) is 11.5 Å². The minimum absolute atomic E-state index is 0.235. The summed E-state index contributed by atoms with van der Waals surface area (Å²) in [5.41, 5.74) is 2.02. The van der Waals surface area contributed by atoms with Gasteiger partial charge in [-0.25, -0.2) is 0 Å². The van der Waals surface area contributed by atoms with Gasteiger partial charge in [0.1, 0.15) is 11.5 Å². The summed E-state index contributed by atoms with van der Waals surface area (Å²) >= 11 is 11.9. The van der Waals surface area contributed by atoms with Gasteiger partial charge < -0.3 is 19.7 Å². The van der Waals surface area contributed by atoms with Crippen molar-refractivity contribution in [2.75, 3.05) is 18.6 Å².